The molecule has 0 amide bonds. The zero-order chi connectivity index (χ0) is 18.3. The largest absolute Gasteiger partial charge is 0.352 e. The standard InChI is InChI=1S/C17H17ClN8/c1-3-14-22-23-17-16(20-4-5-26(14)17)25-9-12(10-25)24(2)15-13(18)6-11(7-19)8-21-15/h4-6,8,12H,3,9-10H2,1-2H3. The van der Waals surface area contributed by atoms with E-state index in [2.05, 4.69) is 32.0 Å². The van der Waals surface area contributed by atoms with Gasteiger partial charge in [-0.1, -0.05) is 18.5 Å². The Bertz CT molecular complexity index is 1000. The minimum absolute atomic E-state index is 0.253. The molecule has 8 nitrogen and oxygen atoms in total. The zero-order valence-electron chi connectivity index (χ0n) is 14.5. The van der Waals surface area contributed by atoms with Gasteiger partial charge in [0, 0.05) is 45.1 Å². The topological polar surface area (TPSA) is 86.2 Å². The fraction of sp³-hybridized carbons (Fsp3) is 0.353. The van der Waals surface area contributed by atoms with Crippen molar-refractivity contribution in [2.75, 3.05) is 29.9 Å². The molecule has 0 saturated carbocycles. The summed E-state index contributed by atoms with van der Waals surface area (Å²) in [4.78, 5) is 13.0. The Balaban J connectivity index is 1.52. The van der Waals surface area contributed by atoms with Crippen molar-refractivity contribution in [3.05, 3.63) is 41.1 Å². The van der Waals surface area contributed by atoms with Crippen molar-refractivity contribution in [3.8, 4) is 6.07 Å². The van der Waals surface area contributed by atoms with Crippen LogP contribution in [-0.4, -0.2) is 50.7 Å². The van der Waals surface area contributed by atoms with Gasteiger partial charge in [-0.15, -0.1) is 10.2 Å². The predicted molar refractivity (Wildman–Crippen MR) is 98.5 cm³/mol. The third-order valence-corrected chi connectivity index (χ3v) is 4.97. The van der Waals surface area contributed by atoms with Crippen molar-refractivity contribution in [2.24, 2.45) is 0 Å². The maximum atomic E-state index is 8.94. The lowest BCUT2D eigenvalue weighted by Crippen LogP contribution is -2.59. The van der Waals surface area contributed by atoms with E-state index in [4.69, 9.17) is 16.9 Å². The van der Waals surface area contributed by atoms with E-state index in [1.807, 2.05) is 28.6 Å². The molecule has 3 aromatic rings. The molecule has 3 aromatic heterocycles. The molecular formula is C17H17ClN8. The van der Waals surface area contributed by atoms with Crippen molar-refractivity contribution in [1.29, 1.82) is 5.26 Å². The second-order valence-electron chi connectivity index (χ2n) is 6.23. The number of hydrogen-bond acceptors (Lipinski definition) is 7. The molecule has 0 N–H and O–H groups in total. The van der Waals surface area contributed by atoms with Gasteiger partial charge in [-0.25, -0.2) is 9.97 Å². The number of fused-ring (bicyclic) bond motifs is 1. The number of nitrogens with zero attached hydrogens (tertiary/aromatic N) is 8. The first-order valence-corrected chi connectivity index (χ1v) is 8.72. The molecule has 0 unspecified atom stereocenters. The average Bonchev–Trinajstić information content (AvgIpc) is 3.04. The van der Waals surface area contributed by atoms with Crippen LogP contribution < -0.4 is 9.80 Å². The summed E-state index contributed by atoms with van der Waals surface area (Å²) in [5.41, 5.74) is 1.23. The summed E-state index contributed by atoms with van der Waals surface area (Å²) in [5.74, 6) is 2.44. The maximum absolute atomic E-state index is 8.94. The Morgan fingerprint density at radius 3 is 2.85 bits per heavy atom. The molecular weight excluding hydrogens is 352 g/mol. The Kier molecular flexibility index (Phi) is 4.09. The van der Waals surface area contributed by atoms with Crippen LogP contribution in [0.15, 0.2) is 24.7 Å². The number of nitriles is 1. The summed E-state index contributed by atoms with van der Waals surface area (Å²) in [6.45, 7) is 3.63. The maximum Gasteiger partial charge on any atom is 0.203 e. The minimum Gasteiger partial charge on any atom is -0.352 e. The smallest absolute Gasteiger partial charge is 0.203 e. The van der Waals surface area contributed by atoms with E-state index in [-0.39, 0.29) is 6.04 Å². The number of hydrogen-bond donors (Lipinski definition) is 0. The highest BCUT2D eigenvalue weighted by molar-refractivity contribution is 6.33. The van der Waals surface area contributed by atoms with Crippen molar-refractivity contribution in [2.45, 2.75) is 19.4 Å². The molecule has 1 aliphatic rings. The summed E-state index contributed by atoms with van der Waals surface area (Å²) in [6, 6.07) is 3.94. The van der Waals surface area contributed by atoms with Crippen LogP contribution in [0.4, 0.5) is 11.6 Å². The van der Waals surface area contributed by atoms with Crippen LogP contribution in [0.5, 0.6) is 0 Å². The number of rotatable bonds is 4. The highest BCUT2D eigenvalue weighted by atomic mass is 35.5. The molecule has 0 bridgehead atoms. The number of anilines is 2. The number of aromatic nitrogens is 5. The normalized spacial score (nSPS) is 14.3. The Labute approximate surface area is 155 Å². The first kappa shape index (κ1) is 16.5. The van der Waals surface area contributed by atoms with Gasteiger partial charge in [0.25, 0.3) is 0 Å². The van der Waals surface area contributed by atoms with Crippen LogP contribution in [0.3, 0.4) is 0 Å². The monoisotopic (exact) mass is 368 g/mol. The molecule has 0 aromatic carbocycles. The van der Waals surface area contributed by atoms with Crippen molar-refractivity contribution < 1.29 is 0 Å². The van der Waals surface area contributed by atoms with Gasteiger partial charge in [-0.3, -0.25) is 4.40 Å². The fourth-order valence-electron chi connectivity index (χ4n) is 3.12. The van der Waals surface area contributed by atoms with Crippen LogP contribution in [0.2, 0.25) is 5.02 Å². The molecule has 4 rings (SSSR count). The third kappa shape index (κ3) is 2.61. The van der Waals surface area contributed by atoms with E-state index in [1.54, 1.807) is 18.5 Å². The molecule has 9 heteroatoms. The lowest BCUT2D eigenvalue weighted by atomic mass is 10.1. The van der Waals surface area contributed by atoms with Gasteiger partial charge in [-0.2, -0.15) is 5.26 Å². The second-order valence-corrected chi connectivity index (χ2v) is 6.63. The Hall–Kier alpha value is -2.92. The Morgan fingerprint density at radius 1 is 1.35 bits per heavy atom. The van der Waals surface area contributed by atoms with Gasteiger partial charge in [0.2, 0.25) is 5.65 Å². The van der Waals surface area contributed by atoms with E-state index in [1.165, 1.54) is 0 Å². The molecule has 4 heterocycles. The number of pyridine rings is 1. The summed E-state index contributed by atoms with van der Waals surface area (Å²) < 4.78 is 1.98. The van der Waals surface area contributed by atoms with Crippen molar-refractivity contribution >= 4 is 28.9 Å². The third-order valence-electron chi connectivity index (χ3n) is 4.69. The van der Waals surface area contributed by atoms with Crippen LogP contribution in [0.25, 0.3) is 5.65 Å². The van der Waals surface area contributed by atoms with E-state index >= 15 is 0 Å². The van der Waals surface area contributed by atoms with Gasteiger partial charge in [-0.05, 0) is 6.07 Å². The van der Waals surface area contributed by atoms with E-state index in [0.29, 0.717) is 16.4 Å². The summed E-state index contributed by atoms with van der Waals surface area (Å²) in [5, 5.41) is 17.9. The minimum atomic E-state index is 0.253. The molecule has 0 spiro atoms. The van der Waals surface area contributed by atoms with E-state index in [9.17, 15) is 0 Å². The average molecular weight is 369 g/mol. The molecule has 0 aliphatic carbocycles. The molecule has 0 radical (unpaired) electrons. The highest BCUT2D eigenvalue weighted by Gasteiger charge is 2.34. The van der Waals surface area contributed by atoms with Crippen molar-refractivity contribution in [1.82, 2.24) is 24.6 Å². The van der Waals surface area contributed by atoms with Crippen LogP contribution in [0, 0.1) is 11.3 Å². The molecule has 26 heavy (non-hydrogen) atoms. The first-order valence-electron chi connectivity index (χ1n) is 8.34. The van der Waals surface area contributed by atoms with Gasteiger partial charge in [0.05, 0.1) is 16.6 Å². The van der Waals surface area contributed by atoms with Gasteiger partial charge >= 0.3 is 0 Å². The number of likely N-dealkylation sites (N-methyl/N-ethyl adjacent to an activating group) is 1. The van der Waals surface area contributed by atoms with Gasteiger partial charge in [0.1, 0.15) is 17.7 Å². The highest BCUT2D eigenvalue weighted by Crippen LogP contribution is 2.30. The van der Waals surface area contributed by atoms with Crippen LogP contribution >= 0.6 is 11.6 Å². The van der Waals surface area contributed by atoms with Gasteiger partial charge < -0.3 is 9.80 Å². The predicted octanol–water partition coefficient (Wildman–Crippen LogP) is 1.93. The zero-order valence-corrected chi connectivity index (χ0v) is 15.2. The SMILES string of the molecule is CCc1nnc2c(N3CC(N(C)c4ncc(C#N)cc4Cl)C3)nccn12. The molecule has 132 valence electrons. The van der Waals surface area contributed by atoms with Crippen LogP contribution in [-0.2, 0) is 6.42 Å². The lowest BCUT2D eigenvalue weighted by Gasteiger charge is -2.45. The molecule has 1 fully saturated rings. The van der Waals surface area contributed by atoms with Crippen LogP contribution in [0.1, 0.15) is 18.3 Å². The Morgan fingerprint density at radius 2 is 2.15 bits per heavy atom. The van der Waals surface area contributed by atoms with Gasteiger partial charge in [0.15, 0.2) is 5.82 Å². The molecule has 0 atom stereocenters. The second kappa shape index (κ2) is 6.42. The summed E-state index contributed by atoms with van der Waals surface area (Å²) in [7, 11) is 1.96. The fourth-order valence-corrected chi connectivity index (χ4v) is 3.42. The number of halogens is 1. The quantitative estimate of drug-likeness (QED) is 0.695. The number of aryl methyl sites for hydroxylation is 1. The first-order chi connectivity index (χ1) is 12.6. The molecule has 1 saturated heterocycles. The lowest BCUT2D eigenvalue weighted by molar-refractivity contribution is 0.490. The summed E-state index contributed by atoms with van der Waals surface area (Å²) >= 11 is 6.28. The van der Waals surface area contributed by atoms with Crippen molar-refractivity contribution in [3.63, 3.8) is 0 Å². The van der Waals surface area contributed by atoms with E-state index in [0.717, 1.165) is 36.8 Å². The van der Waals surface area contributed by atoms with E-state index < -0.39 is 0 Å². The molecule has 1 aliphatic heterocycles. The summed E-state index contributed by atoms with van der Waals surface area (Å²) in [6.07, 6.45) is 6.03.